The van der Waals surface area contributed by atoms with E-state index in [1.54, 1.807) is 24.5 Å². The van der Waals surface area contributed by atoms with Gasteiger partial charge in [0.05, 0.1) is 6.04 Å². The van der Waals surface area contributed by atoms with Crippen LogP contribution in [0.5, 0.6) is 0 Å². The number of hydrogen-bond acceptors (Lipinski definition) is 2. The molecule has 1 saturated carbocycles. The predicted molar refractivity (Wildman–Crippen MR) is 73.6 cm³/mol. The highest BCUT2D eigenvalue weighted by Crippen LogP contribution is 2.41. The number of benzene rings is 1. The van der Waals surface area contributed by atoms with Gasteiger partial charge in [0, 0.05) is 18.0 Å². The Morgan fingerprint density at radius 3 is 2.42 bits per heavy atom. The van der Waals surface area contributed by atoms with E-state index in [0.29, 0.717) is 11.5 Å². The summed E-state index contributed by atoms with van der Waals surface area (Å²) < 4.78 is 0. The molecule has 1 N–H and O–H groups in total. The average molecular weight is 252 g/mol. The summed E-state index contributed by atoms with van der Waals surface area (Å²) in [5, 5.41) is 3.14. The second-order valence-electron chi connectivity index (χ2n) is 4.94. The minimum absolute atomic E-state index is 0.0249. The van der Waals surface area contributed by atoms with Crippen LogP contribution >= 0.6 is 0 Å². The third-order valence-corrected chi connectivity index (χ3v) is 3.48. The Kier molecular flexibility index (Phi) is 3.27. The van der Waals surface area contributed by atoms with Crippen LogP contribution in [-0.4, -0.2) is 10.9 Å². The molecule has 1 aromatic carbocycles. The van der Waals surface area contributed by atoms with E-state index in [-0.39, 0.29) is 11.9 Å². The molecule has 1 atom stereocenters. The third-order valence-electron chi connectivity index (χ3n) is 3.48. The molecule has 0 aliphatic heterocycles. The highest BCUT2D eigenvalue weighted by Gasteiger charge is 2.33. The van der Waals surface area contributed by atoms with E-state index in [2.05, 4.69) is 22.4 Å². The molecule has 1 heterocycles. The molecule has 0 unspecified atom stereocenters. The van der Waals surface area contributed by atoms with Gasteiger partial charge in [0.25, 0.3) is 5.91 Å². The summed E-state index contributed by atoms with van der Waals surface area (Å²) in [5.41, 5.74) is 1.85. The van der Waals surface area contributed by atoms with Gasteiger partial charge in [-0.25, -0.2) is 0 Å². The van der Waals surface area contributed by atoms with Crippen LogP contribution in [0.4, 0.5) is 0 Å². The molecule has 2 aromatic rings. The molecule has 0 saturated heterocycles. The molecule has 0 bridgehead atoms. The summed E-state index contributed by atoms with van der Waals surface area (Å²) in [4.78, 5) is 16.2. The number of carbonyl (C=O) groups is 1. The van der Waals surface area contributed by atoms with E-state index in [1.165, 1.54) is 18.4 Å². The van der Waals surface area contributed by atoms with Crippen molar-refractivity contribution in [2.45, 2.75) is 18.9 Å². The van der Waals surface area contributed by atoms with Crippen molar-refractivity contribution in [1.29, 1.82) is 0 Å². The first kappa shape index (κ1) is 11.9. The molecule has 1 aromatic heterocycles. The van der Waals surface area contributed by atoms with Crippen LogP contribution in [0.1, 0.15) is 34.8 Å². The van der Waals surface area contributed by atoms with E-state index < -0.39 is 0 Å². The lowest BCUT2D eigenvalue weighted by Gasteiger charge is -2.18. The molecular formula is C16H16N2O. The fourth-order valence-electron chi connectivity index (χ4n) is 2.29. The highest BCUT2D eigenvalue weighted by molar-refractivity contribution is 5.94. The Balaban J connectivity index is 1.78. The maximum absolute atomic E-state index is 12.2. The first-order chi connectivity index (χ1) is 9.34. The van der Waals surface area contributed by atoms with Gasteiger partial charge in [-0.1, -0.05) is 30.3 Å². The van der Waals surface area contributed by atoms with Crippen molar-refractivity contribution in [3.63, 3.8) is 0 Å². The van der Waals surface area contributed by atoms with Gasteiger partial charge in [-0.15, -0.1) is 0 Å². The number of amides is 1. The van der Waals surface area contributed by atoms with Crippen LogP contribution in [0.25, 0.3) is 0 Å². The van der Waals surface area contributed by atoms with E-state index in [4.69, 9.17) is 0 Å². The lowest BCUT2D eigenvalue weighted by atomic mass is 10.0. The predicted octanol–water partition coefficient (Wildman–Crippen LogP) is 2.96. The smallest absolute Gasteiger partial charge is 0.251 e. The molecule has 1 fully saturated rings. The SMILES string of the molecule is O=C(N[C@H](c1ccccc1)C1CC1)c1ccncc1. The standard InChI is InChI=1S/C16H16N2O/c19-16(14-8-10-17-11-9-14)18-15(13-6-7-13)12-4-2-1-3-5-12/h1-5,8-11,13,15H,6-7H2,(H,18,19)/t15-/m1/s1. The molecule has 96 valence electrons. The highest BCUT2D eigenvalue weighted by atomic mass is 16.1. The van der Waals surface area contributed by atoms with E-state index in [9.17, 15) is 4.79 Å². The molecule has 3 rings (SSSR count). The third kappa shape index (κ3) is 2.81. The maximum Gasteiger partial charge on any atom is 0.251 e. The zero-order valence-electron chi connectivity index (χ0n) is 10.6. The molecule has 19 heavy (non-hydrogen) atoms. The van der Waals surface area contributed by atoms with Gasteiger partial charge in [0.15, 0.2) is 0 Å². The maximum atomic E-state index is 12.2. The second-order valence-corrected chi connectivity index (χ2v) is 4.94. The topological polar surface area (TPSA) is 42.0 Å². The summed E-state index contributed by atoms with van der Waals surface area (Å²) in [7, 11) is 0. The van der Waals surface area contributed by atoms with Gasteiger partial charge in [0.1, 0.15) is 0 Å². The number of pyridine rings is 1. The summed E-state index contributed by atoms with van der Waals surface area (Å²) >= 11 is 0. The van der Waals surface area contributed by atoms with Gasteiger partial charge in [-0.05, 0) is 36.5 Å². The van der Waals surface area contributed by atoms with Gasteiger partial charge >= 0.3 is 0 Å². The normalized spacial score (nSPS) is 15.8. The van der Waals surface area contributed by atoms with Crippen LogP contribution in [0, 0.1) is 5.92 Å². The molecule has 1 aliphatic carbocycles. The monoisotopic (exact) mass is 252 g/mol. The lowest BCUT2D eigenvalue weighted by Crippen LogP contribution is -2.29. The van der Waals surface area contributed by atoms with Crippen molar-refractivity contribution >= 4 is 5.91 Å². The number of rotatable bonds is 4. The van der Waals surface area contributed by atoms with Crippen LogP contribution < -0.4 is 5.32 Å². The average Bonchev–Trinajstić information content (AvgIpc) is 3.31. The van der Waals surface area contributed by atoms with Crippen molar-refractivity contribution in [2.24, 2.45) is 5.92 Å². The summed E-state index contributed by atoms with van der Waals surface area (Å²) in [6.07, 6.45) is 5.67. The van der Waals surface area contributed by atoms with Crippen molar-refractivity contribution in [1.82, 2.24) is 10.3 Å². The Labute approximate surface area is 112 Å². The van der Waals surface area contributed by atoms with Crippen molar-refractivity contribution in [3.05, 3.63) is 66.0 Å². The number of hydrogen-bond donors (Lipinski definition) is 1. The van der Waals surface area contributed by atoms with Crippen LogP contribution in [0.3, 0.4) is 0 Å². The molecule has 3 nitrogen and oxygen atoms in total. The number of nitrogens with zero attached hydrogens (tertiary/aromatic N) is 1. The summed E-state index contributed by atoms with van der Waals surface area (Å²) in [6.45, 7) is 0. The largest absolute Gasteiger partial charge is 0.345 e. The Morgan fingerprint density at radius 2 is 1.79 bits per heavy atom. The van der Waals surface area contributed by atoms with E-state index in [1.807, 2.05) is 18.2 Å². The van der Waals surface area contributed by atoms with Crippen LogP contribution in [-0.2, 0) is 0 Å². The number of carbonyl (C=O) groups excluding carboxylic acids is 1. The molecule has 0 radical (unpaired) electrons. The van der Waals surface area contributed by atoms with Crippen molar-refractivity contribution in [3.8, 4) is 0 Å². The molecule has 1 amide bonds. The van der Waals surface area contributed by atoms with Gasteiger partial charge < -0.3 is 5.32 Å². The first-order valence-electron chi connectivity index (χ1n) is 6.60. The molecule has 0 spiro atoms. The fraction of sp³-hybridized carbons (Fsp3) is 0.250. The number of aromatic nitrogens is 1. The fourth-order valence-corrected chi connectivity index (χ4v) is 2.29. The molecule has 3 heteroatoms. The van der Waals surface area contributed by atoms with E-state index in [0.717, 1.165) is 0 Å². The lowest BCUT2D eigenvalue weighted by molar-refractivity contribution is 0.0931. The quantitative estimate of drug-likeness (QED) is 0.909. The minimum atomic E-state index is -0.0249. The zero-order chi connectivity index (χ0) is 13.1. The molecular weight excluding hydrogens is 236 g/mol. The van der Waals surface area contributed by atoms with Gasteiger partial charge in [0.2, 0.25) is 0 Å². The Morgan fingerprint density at radius 1 is 1.11 bits per heavy atom. The van der Waals surface area contributed by atoms with Crippen LogP contribution in [0.2, 0.25) is 0 Å². The number of nitrogens with one attached hydrogen (secondary N) is 1. The first-order valence-corrected chi connectivity index (χ1v) is 6.60. The summed E-state index contributed by atoms with van der Waals surface area (Å²) in [6, 6.07) is 13.8. The van der Waals surface area contributed by atoms with Crippen LogP contribution in [0.15, 0.2) is 54.9 Å². The van der Waals surface area contributed by atoms with Crippen molar-refractivity contribution in [2.75, 3.05) is 0 Å². The van der Waals surface area contributed by atoms with Crippen molar-refractivity contribution < 1.29 is 4.79 Å². The minimum Gasteiger partial charge on any atom is -0.345 e. The molecule has 1 aliphatic rings. The zero-order valence-corrected chi connectivity index (χ0v) is 10.6. The van der Waals surface area contributed by atoms with E-state index >= 15 is 0 Å². The Hall–Kier alpha value is -2.16. The van der Waals surface area contributed by atoms with Gasteiger partial charge in [-0.2, -0.15) is 0 Å². The Bertz CT molecular complexity index is 549. The second kappa shape index (κ2) is 5.22. The van der Waals surface area contributed by atoms with Gasteiger partial charge in [-0.3, -0.25) is 9.78 Å². The summed E-state index contributed by atoms with van der Waals surface area (Å²) in [5.74, 6) is 0.552.